The van der Waals surface area contributed by atoms with Gasteiger partial charge in [-0.3, -0.25) is 0 Å². The molecule has 3 N–H and O–H groups in total. The highest BCUT2D eigenvalue weighted by Crippen LogP contribution is 2.26. The highest BCUT2D eigenvalue weighted by atomic mass is 79.9. The smallest absolute Gasteiger partial charge is 0.114 e. The molecule has 68 valence electrons. The Morgan fingerprint density at radius 3 is 2.75 bits per heavy atom. The molecule has 1 heterocycles. The summed E-state index contributed by atoms with van der Waals surface area (Å²) in [6.07, 6.45) is 1.58. The lowest BCUT2D eigenvalue weighted by Gasteiger charge is -2.21. The predicted octanol–water partition coefficient (Wildman–Crippen LogP) is 1.25. The van der Waals surface area contributed by atoms with Gasteiger partial charge < -0.3 is 15.3 Å². The van der Waals surface area contributed by atoms with Crippen LogP contribution in [0.4, 0.5) is 0 Å². The molecule has 4 heteroatoms. The van der Waals surface area contributed by atoms with Gasteiger partial charge in [0.2, 0.25) is 0 Å². The van der Waals surface area contributed by atoms with E-state index in [1.54, 1.807) is 6.26 Å². The number of hydrogen-bond acceptors (Lipinski definition) is 3. The summed E-state index contributed by atoms with van der Waals surface area (Å²) in [7, 11) is 0. The zero-order chi connectivity index (χ0) is 9.19. The van der Waals surface area contributed by atoms with Crippen molar-refractivity contribution in [2.24, 2.45) is 5.73 Å². The van der Waals surface area contributed by atoms with Crippen molar-refractivity contribution in [2.45, 2.75) is 12.3 Å². The van der Waals surface area contributed by atoms with Crippen LogP contribution in [0, 0.1) is 0 Å². The molecule has 0 fully saturated rings. The SMILES string of the molecule is CC(CN)(CO)c1cc(Br)co1. The maximum absolute atomic E-state index is 9.09. The summed E-state index contributed by atoms with van der Waals surface area (Å²) in [6.45, 7) is 2.21. The van der Waals surface area contributed by atoms with E-state index in [4.69, 9.17) is 15.3 Å². The molecule has 12 heavy (non-hydrogen) atoms. The molecule has 0 aromatic carbocycles. The third-order valence-corrected chi connectivity index (χ3v) is 2.38. The van der Waals surface area contributed by atoms with Gasteiger partial charge in [-0.2, -0.15) is 0 Å². The van der Waals surface area contributed by atoms with Crippen LogP contribution < -0.4 is 5.73 Å². The van der Waals surface area contributed by atoms with Crippen LogP contribution >= 0.6 is 15.9 Å². The first-order valence-electron chi connectivity index (χ1n) is 3.68. The van der Waals surface area contributed by atoms with Gasteiger partial charge in [-0.05, 0) is 28.9 Å². The van der Waals surface area contributed by atoms with Gasteiger partial charge >= 0.3 is 0 Å². The molecule has 0 saturated heterocycles. The molecule has 1 atom stereocenters. The molecule has 0 aliphatic carbocycles. The molecule has 0 aliphatic rings. The first kappa shape index (κ1) is 9.77. The minimum absolute atomic E-state index is 0.0105. The molecule has 3 nitrogen and oxygen atoms in total. The molecular weight excluding hydrogens is 222 g/mol. The zero-order valence-electron chi connectivity index (χ0n) is 6.88. The average molecular weight is 234 g/mol. The summed E-state index contributed by atoms with van der Waals surface area (Å²) in [5, 5.41) is 9.09. The number of furan rings is 1. The van der Waals surface area contributed by atoms with Crippen LogP contribution in [0.2, 0.25) is 0 Å². The molecule has 1 unspecified atom stereocenters. The summed E-state index contributed by atoms with van der Waals surface area (Å²) < 4.78 is 6.09. The van der Waals surface area contributed by atoms with E-state index in [1.165, 1.54) is 0 Å². The summed E-state index contributed by atoms with van der Waals surface area (Å²) in [5.74, 6) is 0.708. The van der Waals surface area contributed by atoms with E-state index in [9.17, 15) is 0 Å². The summed E-state index contributed by atoms with van der Waals surface area (Å²) >= 11 is 3.27. The van der Waals surface area contributed by atoms with E-state index in [2.05, 4.69) is 15.9 Å². The summed E-state index contributed by atoms with van der Waals surface area (Å²) in [4.78, 5) is 0. The third-order valence-electron chi connectivity index (χ3n) is 1.96. The Kier molecular flexibility index (Phi) is 2.93. The number of aliphatic hydroxyl groups excluding tert-OH is 1. The van der Waals surface area contributed by atoms with Gasteiger partial charge in [-0.15, -0.1) is 0 Å². The van der Waals surface area contributed by atoms with Crippen molar-refractivity contribution in [1.29, 1.82) is 0 Å². The van der Waals surface area contributed by atoms with Crippen molar-refractivity contribution in [2.75, 3.05) is 13.2 Å². The van der Waals surface area contributed by atoms with Crippen LogP contribution in [0.1, 0.15) is 12.7 Å². The van der Waals surface area contributed by atoms with Gasteiger partial charge in [0.05, 0.1) is 16.5 Å². The van der Waals surface area contributed by atoms with Crippen molar-refractivity contribution in [3.63, 3.8) is 0 Å². The molecule has 0 saturated carbocycles. The summed E-state index contributed by atoms with van der Waals surface area (Å²) in [6, 6.07) is 1.82. The Bertz CT molecular complexity index is 255. The lowest BCUT2D eigenvalue weighted by molar-refractivity contribution is 0.189. The number of aliphatic hydroxyl groups is 1. The van der Waals surface area contributed by atoms with Gasteiger partial charge in [0.15, 0.2) is 0 Å². The second kappa shape index (κ2) is 3.60. The molecule has 0 bridgehead atoms. The number of nitrogens with two attached hydrogens (primary N) is 1. The molecule has 0 radical (unpaired) electrons. The molecule has 1 aromatic rings. The maximum atomic E-state index is 9.09. The molecule has 0 amide bonds. The molecule has 1 rings (SSSR count). The molecular formula is C8H12BrNO2. The zero-order valence-corrected chi connectivity index (χ0v) is 8.47. The van der Waals surface area contributed by atoms with E-state index in [0.29, 0.717) is 12.3 Å². The first-order valence-corrected chi connectivity index (χ1v) is 4.47. The largest absolute Gasteiger partial charge is 0.467 e. The van der Waals surface area contributed by atoms with Crippen LogP contribution in [0.25, 0.3) is 0 Å². The lowest BCUT2D eigenvalue weighted by atomic mass is 9.89. The van der Waals surface area contributed by atoms with Crippen molar-refractivity contribution >= 4 is 15.9 Å². The highest BCUT2D eigenvalue weighted by Gasteiger charge is 2.27. The van der Waals surface area contributed by atoms with Gasteiger partial charge in [0.25, 0.3) is 0 Å². The Balaban J connectivity index is 2.94. The van der Waals surface area contributed by atoms with Gasteiger partial charge in [-0.25, -0.2) is 0 Å². The van der Waals surface area contributed by atoms with E-state index in [1.807, 2.05) is 13.0 Å². The minimum atomic E-state index is -0.466. The monoisotopic (exact) mass is 233 g/mol. The van der Waals surface area contributed by atoms with Gasteiger partial charge in [0, 0.05) is 6.54 Å². The average Bonchev–Trinajstić information content (AvgIpc) is 2.51. The normalized spacial score (nSPS) is 16.0. The van der Waals surface area contributed by atoms with Crippen molar-refractivity contribution in [3.8, 4) is 0 Å². The minimum Gasteiger partial charge on any atom is -0.467 e. The first-order chi connectivity index (χ1) is 5.62. The Morgan fingerprint density at radius 1 is 1.75 bits per heavy atom. The quantitative estimate of drug-likeness (QED) is 0.827. The van der Waals surface area contributed by atoms with Crippen molar-refractivity contribution in [1.82, 2.24) is 0 Å². The second-order valence-electron chi connectivity index (χ2n) is 3.05. The van der Waals surface area contributed by atoms with E-state index in [0.717, 1.165) is 4.47 Å². The Morgan fingerprint density at radius 2 is 2.42 bits per heavy atom. The maximum Gasteiger partial charge on any atom is 0.114 e. The van der Waals surface area contributed by atoms with Crippen LogP contribution in [0.15, 0.2) is 21.2 Å². The fraction of sp³-hybridized carbons (Fsp3) is 0.500. The van der Waals surface area contributed by atoms with E-state index in [-0.39, 0.29) is 6.61 Å². The lowest BCUT2D eigenvalue weighted by Crippen LogP contribution is -2.35. The number of rotatable bonds is 3. The Hall–Kier alpha value is -0.320. The van der Waals surface area contributed by atoms with Gasteiger partial charge in [-0.1, -0.05) is 0 Å². The third kappa shape index (κ3) is 1.71. The van der Waals surface area contributed by atoms with E-state index >= 15 is 0 Å². The van der Waals surface area contributed by atoms with Crippen LogP contribution in [0.5, 0.6) is 0 Å². The molecule has 0 spiro atoms. The predicted molar refractivity (Wildman–Crippen MR) is 49.9 cm³/mol. The van der Waals surface area contributed by atoms with Crippen LogP contribution in [-0.2, 0) is 5.41 Å². The van der Waals surface area contributed by atoms with Crippen LogP contribution in [-0.4, -0.2) is 18.3 Å². The second-order valence-corrected chi connectivity index (χ2v) is 3.97. The van der Waals surface area contributed by atoms with E-state index < -0.39 is 5.41 Å². The fourth-order valence-electron chi connectivity index (χ4n) is 0.873. The van der Waals surface area contributed by atoms with Crippen molar-refractivity contribution < 1.29 is 9.52 Å². The topological polar surface area (TPSA) is 59.4 Å². The fourth-order valence-corrected chi connectivity index (χ4v) is 1.17. The van der Waals surface area contributed by atoms with Crippen LogP contribution in [0.3, 0.4) is 0 Å². The highest BCUT2D eigenvalue weighted by molar-refractivity contribution is 9.10. The Labute approximate surface area is 79.7 Å². The number of halogens is 1. The van der Waals surface area contributed by atoms with Gasteiger partial charge in [0.1, 0.15) is 12.0 Å². The molecule has 0 aliphatic heterocycles. The standard InChI is InChI=1S/C8H12BrNO2/c1-8(4-10,5-11)7-2-6(9)3-12-7/h2-3,11H,4-5,10H2,1H3. The molecule has 1 aromatic heterocycles. The van der Waals surface area contributed by atoms with Crippen molar-refractivity contribution in [3.05, 3.63) is 22.6 Å². The number of hydrogen-bond donors (Lipinski definition) is 2. The summed E-state index contributed by atoms with van der Waals surface area (Å²) in [5.41, 5.74) is 5.06.